The zero-order valence-electron chi connectivity index (χ0n) is 14.3. The average molecular weight is 357 g/mol. The topological polar surface area (TPSA) is 107 Å². The highest BCUT2D eigenvalue weighted by molar-refractivity contribution is 7.91. The first kappa shape index (κ1) is 18.4. The monoisotopic (exact) mass is 357 g/mol. The molecule has 1 fully saturated rings. The van der Waals surface area contributed by atoms with Gasteiger partial charge in [0.05, 0.1) is 28.6 Å². The average Bonchev–Trinajstić information content (AvgIpc) is 2.92. The maximum Gasteiger partial charge on any atom is 0.306 e. The van der Waals surface area contributed by atoms with Gasteiger partial charge >= 0.3 is 5.97 Å². The number of hydrogen-bond donors (Lipinski definition) is 1. The van der Waals surface area contributed by atoms with E-state index in [4.69, 9.17) is 4.74 Å². The van der Waals surface area contributed by atoms with Crippen molar-refractivity contribution in [2.75, 3.05) is 16.8 Å². The quantitative estimate of drug-likeness (QED) is 0.779. The number of esters is 1. The van der Waals surface area contributed by atoms with Crippen LogP contribution in [0, 0.1) is 19.8 Å². The van der Waals surface area contributed by atoms with E-state index in [-0.39, 0.29) is 23.8 Å². The summed E-state index contributed by atoms with van der Waals surface area (Å²) in [5.74, 6) is -1.10. The van der Waals surface area contributed by atoms with Crippen LogP contribution in [-0.2, 0) is 31.2 Å². The molecule has 0 aromatic carbocycles. The number of carbonyl (C=O) groups excluding carboxylic acids is 2. The van der Waals surface area contributed by atoms with Crippen molar-refractivity contribution in [3.8, 4) is 0 Å². The molecule has 0 aliphatic carbocycles. The molecular weight excluding hydrogens is 334 g/mol. The molecule has 0 radical (unpaired) electrons. The third-order valence-corrected chi connectivity index (χ3v) is 6.05. The van der Waals surface area contributed by atoms with E-state index in [0.717, 1.165) is 5.69 Å². The fourth-order valence-corrected chi connectivity index (χ4v) is 4.61. The number of nitrogens with zero attached hydrogens (tertiary/aromatic N) is 2. The SMILES string of the molecule is Cc1nn(C)c(C)c1NC(=O)[C@@H](C)OC(=O)C[C@@H]1CCS(=O)(=O)C1. The molecule has 8 nitrogen and oxygen atoms in total. The molecule has 1 aliphatic heterocycles. The molecule has 2 rings (SSSR count). The van der Waals surface area contributed by atoms with Crippen molar-refractivity contribution in [2.24, 2.45) is 13.0 Å². The molecule has 9 heteroatoms. The predicted molar refractivity (Wildman–Crippen MR) is 88.2 cm³/mol. The van der Waals surface area contributed by atoms with Crippen molar-refractivity contribution < 1.29 is 22.7 Å². The van der Waals surface area contributed by atoms with Gasteiger partial charge < -0.3 is 10.1 Å². The normalized spacial score (nSPS) is 20.6. The van der Waals surface area contributed by atoms with Crippen molar-refractivity contribution in [1.82, 2.24) is 9.78 Å². The maximum absolute atomic E-state index is 12.2. The number of amides is 1. The summed E-state index contributed by atoms with van der Waals surface area (Å²) in [6, 6.07) is 0. The van der Waals surface area contributed by atoms with Crippen LogP contribution in [0.25, 0.3) is 0 Å². The number of ether oxygens (including phenoxy) is 1. The fourth-order valence-electron chi connectivity index (χ4n) is 2.75. The molecule has 1 aromatic rings. The zero-order valence-corrected chi connectivity index (χ0v) is 15.1. The van der Waals surface area contributed by atoms with Gasteiger partial charge in [0.25, 0.3) is 5.91 Å². The summed E-state index contributed by atoms with van der Waals surface area (Å²) >= 11 is 0. The zero-order chi connectivity index (χ0) is 18.1. The minimum Gasteiger partial charge on any atom is -0.453 e. The fraction of sp³-hybridized carbons (Fsp3) is 0.667. The lowest BCUT2D eigenvalue weighted by Crippen LogP contribution is -2.31. The number of anilines is 1. The summed E-state index contributed by atoms with van der Waals surface area (Å²) in [5.41, 5.74) is 2.08. The molecular formula is C15H23N3O5S. The lowest BCUT2D eigenvalue weighted by atomic mass is 10.1. The van der Waals surface area contributed by atoms with E-state index in [1.165, 1.54) is 6.92 Å². The Morgan fingerprint density at radius 1 is 1.42 bits per heavy atom. The molecule has 1 aromatic heterocycles. The molecule has 2 heterocycles. The third-order valence-electron chi connectivity index (χ3n) is 4.22. The minimum absolute atomic E-state index is 0.0107. The van der Waals surface area contributed by atoms with E-state index in [1.54, 1.807) is 18.7 Å². The first-order valence-electron chi connectivity index (χ1n) is 7.80. The third kappa shape index (κ3) is 4.34. The van der Waals surface area contributed by atoms with Crippen LogP contribution < -0.4 is 5.32 Å². The lowest BCUT2D eigenvalue weighted by molar-refractivity contribution is -0.153. The Hall–Kier alpha value is -1.90. The van der Waals surface area contributed by atoms with Gasteiger partial charge in [-0.3, -0.25) is 14.3 Å². The number of nitrogens with one attached hydrogen (secondary N) is 1. The van der Waals surface area contributed by atoms with Crippen LogP contribution in [-0.4, -0.2) is 47.7 Å². The van der Waals surface area contributed by atoms with E-state index in [2.05, 4.69) is 10.4 Å². The molecule has 1 aliphatic rings. The lowest BCUT2D eigenvalue weighted by Gasteiger charge is -2.15. The van der Waals surface area contributed by atoms with Gasteiger partial charge in [-0.05, 0) is 33.1 Å². The molecule has 2 atom stereocenters. The second-order valence-electron chi connectivity index (χ2n) is 6.26. The first-order valence-corrected chi connectivity index (χ1v) is 9.62. The van der Waals surface area contributed by atoms with Crippen LogP contribution in [0.15, 0.2) is 0 Å². The Balaban J connectivity index is 1.88. The van der Waals surface area contributed by atoms with Gasteiger partial charge in [-0.1, -0.05) is 0 Å². The van der Waals surface area contributed by atoms with Crippen LogP contribution in [0.5, 0.6) is 0 Å². The largest absolute Gasteiger partial charge is 0.453 e. The first-order chi connectivity index (χ1) is 11.1. The number of hydrogen-bond acceptors (Lipinski definition) is 6. The number of aromatic nitrogens is 2. The molecule has 1 amide bonds. The molecule has 0 saturated carbocycles. The summed E-state index contributed by atoms with van der Waals surface area (Å²) in [4.78, 5) is 24.1. The summed E-state index contributed by atoms with van der Waals surface area (Å²) in [7, 11) is -1.26. The standard InChI is InChI=1S/C15H23N3O5S/c1-9-14(10(2)18(4)17-9)16-15(20)11(3)23-13(19)7-12-5-6-24(21,22)8-12/h11-12H,5-8H2,1-4H3,(H,16,20)/t11-,12+/m1/s1. The number of aryl methyl sites for hydroxylation is 2. The molecule has 0 bridgehead atoms. The highest BCUT2D eigenvalue weighted by Gasteiger charge is 2.31. The van der Waals surface area contributed by atoms with E-state index < -0.39 is 27.8 Å². The second-order valence-corrected chi connectivity index (χ2v) is 8.49. The smallest absolute Gasteiger partial charge is 0.306 e. The van der Waals surface area contributed by atoms with Crippen LogP contribution in [0.1, 0.15) is 31.2 Å². The van der Waals surface area contributed by atoms with Crippen molar-refractivity contribution in [2.45, 2.75) is 39.7 Å². The van der Waals surface area contributed by atoms with Gasteiger partial charge in [0.15, 0.2) is 15.9 Å². The Morgan fingerprint density at radius 2 is 2.08 bits per heavy atom. The highest BCUT2D eigenvalue weighted by atomic mass is 32.2. The Labute approximate surface area is 141 Å². The molecule has 0 spiro atoms. The van der Waals surface area contributed by atoms with Gasteiger partial charge in [-0.25, -0.2) is 8.42 Å². The van der Waals surface area contributed by atoms with E-state index >= 15 is 0 Å². The summed E-state index contributed by atoms with van der Waals surface area (Å²) in [6.07, 6.45) is -0.483. The van der Waals surface area contributed by atoms with Gasteiger partial charge in [-0.15, -0.1) is 0 Å². The van der Waals surface area contributed by atoms with E-state index in [9.17, 15) is 18.0 Å². The van der Waals surface area contributed by atoms with Crippen molar-refractivity contribution in [3.63, 3.8) is 0 Å². The van der Waals surface area contributed by atoms with E-state index in [0.29, 0.717) is 17.8 Å². The van der Waals surface area contributed by atoms with Crippen LogP contribution in [0.4, 0.5) is 5.69 Å². The molecule has 134 valence electrons. The number of rotatable bonds is 5. The van der Waals surface area contributed by atoms with Crippen LogP contribution in [0.3, 0.4) is 0 Å². The van der Waals surface area contributed by atoms with Gasteiger partial charge in [0.2, 0.25) is 0 Å². The predicted octanol–water partition coefficient (Wildman–Crippen LogP) is 0.732. The number of sulfone groups is 1. The van der Waals surface area contributed by atoms with Crippen LogP contribution in [0.2, 0.25) is 0 Å². The Bertz CT molecular complexity index is 753. The van der Waals surface area contributed by atoms with Gasteiger partial charge in [-0.2, -0.15) is 5.10 Å². The van der Waals surface area contributed by atoms with Crippen LogP contribution >= 0.6 is 0 Å². The van der Waals surface area contributed by atoms with E-state index in [1.807, 2.05) is 6.92 Å². The summed E-state index contributed by atoms with van der Waals surface area (Å²) < 4.78 is 29.6. The molecule has 24 heavy (non-hydrogen) atoms. The van der Waals surface area contributed by atoms with Crippen molar-refractivity contribution >= 4 is 27.4 Å². The van der Waals surface area contributed by atoms with Crippen molar-refractivity contribution in [1.29, 1.82) is 0 Å². The van der Waals surface area contributed by atoms with Gasteiger partial charge in [0.1, 0.15) is 0 Å². The Kier molecular flexibility index (Phi) is 5.32. The molecule has 1 N–H and O–H groups in total. The highest BCUT2D eigenvalue weighted by Crippen LogP contribution is 2.22. The summed E-state index contributed by atoms with van der Waals surface area (Å²) in [6.45, 7) is 5.09. The van der Waals surface area contributed by atoms with Crippen molar-refractivity contribution in [3.05, 3.63) is 11.4 Å². The molecule has 1 saturated heterocycles. The summed E-state index contributed by atoms with van der Waals surface area (Å²) in [5, 5.41) is 6.92. The Morgan fingerprint density at radius 3 is 2.58 bits per heavy atom. The minimum atomic E-state index is -3.03. The maximum atomic E-state index is 12.2. The second kappa shape index (κ2) is 6.92. The van der Waals surface area contributed by atoms with Gasteiger partial charge in [0, 0.05) is 13.5 Å². The number of carbonyl (C=O) groups is 2. The molecule has 0 unspecified atom stereocenters.